The molecule has 0 spiro atoms. The van der Waals surface area contributed by atoms with Gasteiger partial charge in [0.2, 0.25) is 0 Å². The van der Waals surface area contributed by atoms with Crippen LogP contribution in [0.15, 0.2) is 91.0 Å². The van der Waals surface area contributed by atoms with Crippen molar-refractivity contribution in [2.24, 2.45) is 0 Å². The highest BCUT2D eigenvalue weighted by molar-refractivity contribution is 5.89. The van der Waals surface area contributed by atoms with Gasteiger partial charge in [-0.15, -0.1) is 0 Å². The second kappa shape index (κ2) is 16.1. The molecule has 0 saturated carbocycles. The summed E-state index contributed by atoms with van der Waals surface area (Å²) >= 11 is 0. The maximum absolute atomic E-state index is 9.55. The molecule has 0 aromatic heterocycles. The molecule has 0 radical (unpaired) electrons. The minimum absolute atomic E-state index is 0.434. The topological polar surface area (TPSA) is 96.3 Å². The Morgan fingerprint density at radius 1 is 0.850 bits per heavy atom. The summed E-state index contributed by atoms with van der Waals surface area (Å²) in [5, 5.41) is 15.6. The fourth-order valence-electron chi connectivity index (χ4n) is 5.18. The molecule has 7 nitrogen and oxygen atoms in total. The van der Waals surface area contributed by atoms with Crippen LogP contribution in [0.5, 0.6) is 11.5 Å². The number of nitrogens with zero attached hydrogens (tertiary/aromatic N) is 1. The lowest BCUT2D eigenvalue weighted by molar-refractivity contribution is -0.134. The molecule has 0 bridgehead atoms. The molecule has 3 aromatic rings. The second-order valence-electron chi connectivity index (χ2n) is 9.74. The first kappa shape index (κ1) is 30.4. The molecule has 1 unspecified atom stereocenters. The van der Waals surface area contributed by atoms with Crippen LogP contribution in [0.25, 0.3) is 0 Å². The number of aliphatic carboxylic acids is 2. The van der Waals surface area contributed by atoms with E-state index >= 15 is 0 Å². The Morgan fingerprint density at radius 2 is 1.43 bits per heavy atom. The van der Waals surface area contributed by atoms with Crippen LogP contribution >= 0.6 is 0 Å². The van der Waals surface area contributed by atoms with E-state index in [4.69, 9.17) is 19.7 Å². The van der Waals surface area contributed by atoms with Crippen LogP contribution in [0.3, 0.4) is 0 Å². The third kappa shape index (κ3) is 9.58. The summed E-state index contributed by atoms with van der Waals surface area (Å²) in [7, 11) is 3.39. The lowest BCUT2D eigenvalue weighted by Gasteiger charge is -2.38. The Balaban J connectivity index is 0.000000482. The van der Waals surface area contributed by atoms with Gasteiger partial charge < -0.3 is 24.6 Å². The van der Waals surface area contributed by atoms with Crippen molar-refractivity contribution in [1.82, 2.24) is 4.90 Å². The molecule has 1 heterocycles. The van der Waals surface area contributed by atoms with Gasteiger partial charge in [-0.05, 0) is 61.1 Å². The number of methoxy groups -OCH3 is 2. The predicted octanol–water partition coefficient (Wildman–Crippen LogP) is 6.03. The summed E-state index contributed by atoms with van der Waals surface area (Å²) in [6.45, 7) is 2.27. The van der Waals surface area contributed by atoms with Crippen LogP contribution in [0.4, 0.5) is 0 Å². The molecular weight excluding hydrogens is 506 g/mol. The van der Waals surface area contributed by atoms with Crippen molar-refractivity contribution in [3.8, 4) is 11.5 Å². The molecule has 1 fully saturated rings. The van der Waals surface area contributed by atoms with E-state index in [0.29, 0.717) is 24.1 Å². The number of hydrogen-bond acceptors (Lipinski definition) is 5. The van der Waals surface area contributed by atoms with Crippen LogP contribution < -0.4 is 9.47 Å². The third-order valence-electron chi connectivity index (χ3n) is 7.16. The average molecular weight is 546 g/mol. The zero-order chi connectivity index (χ0) is 28.7. The fourth-order valence-corrected chi connectivity index (χ4v) is 5.18. The normalized spacial score (nSPS) is 15.3. The van der Waals surface area contributed by atoms with E-state index in [1.807, 2.05) is 6.07 Å². The largest absolute Gasteiger partial charge is 0.493 e. The van der Waals surface area contributed by atoms with E-state index in [0.717, 1.165) is 24.5 Å². The molecule has 0 amide bonds. The number of hydrogen-bond donors (Lipinski definition) is 2. The van der Waals surface area contributed by atoms with E-state index in [1.54, 1.807) is 14.2 Å². The van der Waals surface area contributed by atoms with E-state index in [1.165, 1.54) is 48.9 Å². The highest BCUT2D eigenvalue weighted by Gasteiger charge is 2.27. The number of benzene rings is 3. The van der Waals surface area contributed by atoms with Crippen LogP contribution in [0.1, 0.15) is 48.3 Å². The van der Waals surface area contributed by atoms with Crippen molar-refractivity contribution in [3.05, 3.63) is 108 Å². The molecule has 1 aliphatic rings. The Labute approximate surface area is 236 Å². The van der Waals surface area contributed by atoms with Crippen molar-refractivity contribution in [3.63, 3.8) is 0 Å². The molecule has 1 atom stereocenters. The standard InChI is InChI=1S/C29H35NO2.C4H4O4/c1-31-28-17-16-23(21-29(28)32-2)18-20-30-19-10-9-15-26(30)22-27(24-11-5-3-6-12-24)25-13-7-4-8-14-25;5-3(6)1-2-4(7)8/h3-8,11-14,16-17,21,26-27H,9-10,15,18-20,22H2,1-2H3;1-2H,(H,5,6)(H,7,8). The SMILES string of the molecule is COc1ccc(CCN2CCCCC2CC(c2ccccc2)c2ccccc2)cc1OC.O=C(O)C=CC(=O)O. The number of likely N-dealkylation sites (tertiary alicyclic amines) is 1. The maximum Gasteiger partial charge on any atom is 0.328 e. The van der Waals surface area contributed by atoms with Crippen LogP contribution in [0.2, 0.25) is 0 Å². The first-order valence-electron chi connectivity index (χ1n) is 13.6. The van der Waals surface area contributed by atoms with Gasteiger partial charge in [0.1, 0.15) is 0 Å². The second-order valence-corrected chi connectivity index (χ2v) is 9.74. The van der Waals surface area contributed by atoms with E-state index < -0.39 is 11.9 Å². The first-order chi connectivity index (χ1) is 19.4. The summed E-state index contributed by atoms with van der Waals surface area (Å²) in [5.41, 5.74) is 4.14. The molecule has 40 heavy (non-hydrogen) atoms. The Hall–Kier alpha value is -4.10. The smallest absolute Gasteiger partial charge is 0.328 e. The van der Waals surface area contributed by atoms with Gasteiger partial charge in [0.15, 0.2) is 11.5 Å². The van der Waals surface area contributed by atoms with Gasteiger partial charge in [-0.2, -0.15) is 0 Å². The van der Waals surface area contributed by atoms with E-state index in [2.05, 4.69) is 77.7 Å². The number of ether oxygens (including phenoxy) is 2. The molecule has 3 aromatic carbocycles. The van der Waals surface area contributed by atoms with Crippen LogP contribution in [-0.2, 0) is 16.0 Å². The zero-order valence-corrected chi connectivity index (χ0v) is 23.2. The lowest BCUT2D eigenvalue weighted by Crippen LogP contribution is -2.41. The van der Waals surface area contributed by atoms with Gasteiger partial charge in [0.25, 0.3) is 0 Å². The van der Waals surface area contributed by atoms with Crippen molar-refractivity contribution in [2.75, 3.05) is 27.3 Å². The minimum Gasteiger partial charge on any atom is -0.493 e. The third-order valence-corrected chi connectivity index (χ3v) is 7.16. The number of piperidine rings is 1. The number of rotatable bonds is 11. The summed E-state index contributed by atoms with van der Waals surface area (Å²) < 4.78 is 10.9. The minimum atomic E-state index is -1.26. The van der Waals surface area contributed by atoms with Gasteiger partial charge in [-0.3, -0.25) is 0 Å². The first-order valence-corrected chi connectivity index (χ1v) is 13.6. The Bertz CT molecular complexity index is 1170. The van der Waals surface area contributed by atoms with Gasteiger partial charge in [-0.25, -0.2) is 9.59 Å². The molecule has 1 saturated heterocycles. The summed E-state index contributed by atoms with van der Waals surface area (Å²) in [4.78, 5) is 21.8. The van der Waals surface area contributed by atoms with E-state index in [-0.39, 0.29) is 0 Å². The van der Waals surface area contributed by atoms with Gasteiger partial charge >= 0.3 is 11.9 Å². The predicted molar refractivity (Wildman–Crippen MR) is 156 cm³/mol. The molecular formula is C33H39NO6. The molecule has 1 aliphatic heterocycles. The number of carboxylic acids is 2. The monoisotopic (exact) mass is 545 g/mol. The van der Waals surface area contributed by atoms with Crippen molar-refractivity contribution in [1.29, 1.82) is 0 Å². The van der Waals surface area contributed by atoms with Gasteiger partial charge in [0.05, 0.1) is 14.2 Å². The van der Waals surface area contributed by atoms with Crippen molar-refractivity contribution in [2.45, 2.75) is 44.1 Å². The van der Waals surface area contributed by atoms with E-state index in [9.17, 15) is 9.59 Å². The molecule has 212 valence electrons. The molecule has 2 N–H and O–H groups in total. The molecule has 4 rings (SSSR count). The van der Waals surface area contributed by atoms with Crippen molar-refractivity contribution < 1.29 is 29.3 Å². The Kier molecular flexibility index (Phi) is 12.3. The zero-order valence-electron chi connectivity index (χ0n) is 23.2. The van der Waals surface area contributed by atoms with Gasteiger partial charge in [-0.1, -0.05) is 73.2 Å². The Morgan fingerprint density at radius 3 is 1.95 bits per heavy atom. The lowest BCUT2D eigenvalue weighted by atomic mass is 9.83. The highest BCUT2D eigenvalue weighted by atomic mass is 16.5. The summed E-state index contributed by atoms with van der Waals surface area (Å²) in [6, 6.07) is 28.9. The van der Waals surface area contributed by atoms with Crippen LogP contribution in [-0.4, -0.2) is 60.4 Å². The summed E-state index contributed by atoms with van der Waals surface area (Å²) in [6.07, 6.45) is 7.21. The fraction of sp³-hybridized carbons (Fsp3) is 0.333. The summed E-state index contributed by atoms with van der Waals surface area (Å²) in [5.74, 6) is -0.474. The van der Waals surface area contributed by atoms with Gasteiger partial charge in [0, 0.05) is 30.7 Å². The van der Waals surface area contributed by atoms with Crippen molar-refractivity contribution >= 4 is 11.9 Å². The maximum atomic E-state index is 9.55. The van der Waals surface area contributed by atoms with Crippen LogP contribution in [0, 0.1) is 0 Å². The molecule has 0 aliphatic carbocycles. The molecule has 7 heteroatoms. The average Bonchev–Trinajstić information content (AvgIpc) is 2.99. The highest BCUT2D eigenvalue weighted by Crippen LogP contribution is 2.34. The quantitative estimate of drug-likeness (QED) is 0.284. The number of carboxylic acid groups (broad SMARTS) is 2. The number of carbonyl (C=O) groups is 2.